The topological polar surface area (TPSA) is 35.2 Å². The van der Waals surface area contributed by atoms with Crippen molar-refractivity contribution >= 4 is 11.8 Å². The predicted molar refractivity (Wildman–Crippen MR) is 66.7 cm³/mol. The second kappa shape index (κ2) is 5.06. The number of thioether (sulfide) groups is 1. The third-order valence-corrected chi connectivity index (χ3v) is 2.91. The molecule has 1 aromatic carbocycles. The van der Waals surface area contributed by atoms with Gasteiger partial charge in [-0.3, -0.25) is 0 Å². The van der Waals surface area contributed by atoms with Crippen molar-refractivity contribution in [3.63, 3.8) is 0 Å². The molecule has 0 aliphatic heterocycles. The van der Waals surface area contributed by atoms with Gasteiger partial charge in [0.15, 0.2) is 0 Å². The molecule has 0 saturated carbocycles. The molecular formula is C12H18FNOS. The van der Waals surface area contributed by atoms with Crippen LogP contribution in [-0.4, -0.2) is 18.9 Å². The standard InChI is InChI=1S/C12H18FNOS/c1-12(2,14)7-8-5-9(13)6-10(16-4)11(8)15-3/h5-6H,7,14H2,1-4H3. The molecule has 16 heavy (non-hydrogen) atoms. The lowest BCUT2D eigenvalue weighted by atomic mass is 9.95. The highest BCUT2D eigenvalue weighted by atomic mass is 32.2. The number of rotatable bonds is 4. The first-order valence-corrected chi connectivity index (χ1v) is 6.29. The van der Waals surface area contributed by atoms with Gasteiger partial charge in [0.05, 0.1) is 12.0 Å². The fraction of sp³-hybridized carbons (Fsp3) is 0.500. The zero-order chi connectivity index (χ0) is 12.3. The van der Waals surface area contributed by atoms with Crippen LogP contribution in [0.25, 0.3) is 0 Å². The van der Waals surface area contributed by atoms with Gasteiger partial charge in [-0.15, -0.1) is 11.8 Å². The predicted octanol–water partition coefficient (Wildman–Crippen LogP) is 2.84. The maximum atomic E-state index is 13.4. The Labute approximate surface area is 100 Å². The highest BCUT2D eigenvalue weighted by Crippen LogP contribution is 2.33. The first-order chi connectivity index (χ1) is 7.37. The van der Waals surface area contributed by atoms with Gasteiger partial charge in [-0.2, -0.15) is 0 Å². The van der Waals surface area contributed by atoms with E-state index in [1.165, 1.54) is 23.9 Å². The van der Waals surface area contributed by atoms with Crippen LogP contribution in [-0.2, 0) is 6.42 Å². The van der Waals surface area contributed by atoms with E-state index in [2.05, 4.69) is 0 Å². The molecule has 1 rings (SSSR count). The van der Waals surface area contributed by atoms with Crippen LogP contribution >= 0.6 is 11.8 Å². The first kappa shape index (κ1) is 13.3. The lowest BCUT2D eigenvalue weighted by molar-refractivity contribution is 0.390. The molecule has 90 valence electrons. The van der Waals surface area contributed by atoms with Gasteiger partial charge in [0.2, 0.25) is 0 Å². The summed E-state index contributed by atoms with van der Waals surface area (Å²) >= 11 is 1.47. The molecule has 0 spiro atoms. The van der Waals surface area contributed by atoms with Gasteiger partial charge >= 0.3 is 0 Å². The van der Waals surface area contributed by atoms with Crippen molar-refractivity contribution in [2.75, 3.05) is 13.4 Å². The maximum absolute atomic E-state index is 13.4. The first-order valence-electron chi connectivity index (χ1n) is 5.06. The van der Waals surface area contributed by atoms with E-state index >= 15 is 0 Å². The summed E-state index contributed by atoms with van der Waals surface area (Å²) in [7, 11) is 1.60. The van der Waals surface area contributed by atoms with Crippen molar-refractivity contribution in [3.8, 4) is 5.75 Å². The number of hydrogen-bond donors (Lipinski definition) is 1. The minimum absolute atomic E-state index is 0.246. The second-order valence-corrected chi connectivity index (χ2v) is 5.31. The van der Waals surface area contributed by atoms with Crippen molar-refractivity contribution in [2.45, 2.75) is 30.7 Å². The van der Waals surface area contributed by atoms with E-state index in [1.54, 1.807) is 7.11 Å². The number of hydrogen-bond acceptors (Lipinski definition) is 3. The number of benzene rings is 1. The fourth-order valence-electron chi connectivity index (χ4n) is 1.63. The van der Waals surface area contributed by atoms with Crippen LogP contribution in [0.5, 0.6) is 5.75 Å². The van der Waals surface area contributed by atoms with E-state index < -0.39 is 0 Å². The molecule has 0 aromatic heterocycles. The molecule has 0 bridgehead atoms. The van der Waals surface area contributed by atoms with Gasteiger partial charge in [-0.1, -0.05) is 0 Å². The molecule has 0 amide bonds. The van der Waals surface area contributed by atoms with Crippen LogP contribution in [0.3, 0.4) is 0 Å². The van der Waals surface area contributed by atoms with Crippen molar-refractivity contribution in [3.05, 3.63) is 23.5 Å². The molecule has 2 nitrogen and oxygen atoms in total. The fourth-order valence-corrected chi connectivity index (χ4v) is 2.26. The molecule has 4 heteroatoms. The van der Waals surface area contributed by atoms with E-state index in [0.29, 0.717) is 6.42 Å². The number of nitrogens with two attached hydrogens (primary N) is 1. The molecule has 0 heterocycles. The minimum atomic E-state index is -0.378. The Bertz CT molecular complexity index is 374. The normalized spacial score (nSPS) is 11.6. The zero-order valence-electron chi connectivity index (χ0n) is 10.1. The van der Waals surface area contributed by atoms with Crippen molar-refractivity contribution in [1.29, 1.82) is 0 Å². The van der Waals surface area contributed by atoms with Gasteiger partial charge in [0.25, 0.3) is 0 Å². The number of ether oxygens (including phenoxy) is 1. The van der Waals surface area contributed by atoms with Crippen LogP contribution in [0.1, 0.15) is 19.4 Å². The average molecular weight is 243 g/mol. The molecular weight excluding hydrogens is 225 g/mol. The van der Waals surface area contributed by atoms with Crippen molar-refractivity contribution < 1.29 is 9.13 Å². The van der Waals surface area contributed by atoms with Crippen LogP contribution in [0.4, 0.5) is 4.39 Å². The molecule has 0 aliphatic rings. The monoisotopic (exact) mass is 243 g/mol. The Kier molecular flexibility index (Phi) is 4.21. The number of halogens is 1. The van der Waals surface area contributed by atoms with Gasteiger partial charge < -0.3 is 10.5 Å². The van der Waals surface area contributed by atoms with E-state index in [9.17, 15) is 4.39 Å². The molecule has 0 radical (unpaired) electrons. The van der Waals surface area contributed by atoms with Crippen molar-refractivity contribution in [1.82, 2.24) is 0 Å². The summed E-state index contributed by atoms with van der Waals surface area (Å²) in [5.41, 5.74) is 6.39. The Morgan fingerprint density at radius 3 is 2.50 bits per heavy atom. The van der Waals surface area contributed by atoms with E-state index in [-0.39, 0.29) is 11.4 Å². The highest BCUT2D eigenvalue weighted by Gasteiger charge is 2.18. The van der Waals surface area contributed by atoms with Gasteiger partial charge in [0, 0.05) is 5.54 Å². The lowest BCUT2D eigenvalue weighted by Gasteiger charge is -2.21. The molecule has 0 unspecified atom stereocenters. The van der Waals surface area contributed by atoms with E-state index in [4.69, 9.17) is 10.5 Å². The van der Waals surface area contributed by atoms with Crippen LogP contribution in [0.15, 0.2) is 17.0 Å². The quantitative estimate of drug-likeness (QED) is 0.826. The highest BCUT2D eigenvalue weighted by molar-refractivity contribution is 7.98. The summed E-state index contributed by atoms with van der Waals surface area (Å²) in [6, 6.07) is 2.98. The molecule has 1 aromatic rings. The third kappa shape index (κ3) is 3.39. The Hall–Kier alpha value is -0.740. The summed E-state index contributed by atoms with van der Waals surface area (Å²) in [5, 5.41) is 0. The third-order valence-electron chi connectivity index (χ3n) is 2.17. The summed E-state index contributed by atoms with van der Waals surface area (Å²) in [5.74, 6) is 0.483. The van der Waals surface area contributed by atoms with Gasteiger partial charge in [-0.25, -0.2) is 4.39 Å². The lowest BCUT2D eigenvalue weighted by Crippen LogP contribution is -2.34. The van der Waals surface area contributed by atoms with Gasteiger partial charge in [-0.05, 0) is 44.2 Å². The van der Waals surface area contributed by atoms with E-state index in [1.807, 2.05) is 20.1 Å². The zero-order valence-corrected chi connectivity index (χ0v) is 11.0. The van der Waals surface area contributed by atoms with Gasteiger partial charge in [0.1, 0.15) is 11.6 Å². The van der Waals surface area contributed by atoms with E-state index in [0.717, 1.165) is 16.2 Å². The summed E-state index contributed by atoms with van der Waals surface area (Å²) < 4.78 is 18.7. The molecule has 2 N–H and O–H groups in total. The number of methoxy groups -OCH3 is 1. The van der Waals surface area contributed by atoms with Crippen LogP contribution in [0.2, 0.25) is 0 Å². The molecule has 0 atom stereocenters. The molecule has 0 saturated heterocycles. The van der Waals surface area contributed by atoms with Crippen molar-refractivity contribution in [2.24, 2.45) is 5.73 Å². The SMILES string of the molecule is COc1c(CC(C)(C)N)cc(F)cc1SC. The second-order valence-electron chi connectivity index (χ2n) is 4.47. The Balaban J connectivity index is 3.20. The minimum Gasteiger partial charge on any atom is -0.495 e. The largest absolute Gasteiger partial charge is 0.495 e. The molecule has 0 fully saturated rings. The maximum Gasteiger partial charge on any atom is 0.135 e. The summed E-state index contributed by atoms with van der Waals surface area (Å²) in [4.78, 5) is 0.807. The van der Waals surface area contributed by atoms with Crippen LogP contribution < -0.4 is 10.5 Å². The summed E-state index contributed by atoms with van der Waals surface area (Å²) in [6.45, 7) is 3.83. The molecule has 0 aliphatic carbocycles. The Morgan fingerprint density at radius 1 is 1.44 bits per heavy atom. The van der Waals surface area contributed by atoms with Crippen LogP contribution in [0, 0.1) is 5.82 Å². The smallest absolute Gasteiger partial charge is 0.135 e. The summed E-state index contributed by atoms with van der Waals surface area (Å²) in [6.07, 6.45) is 2.48. The Morgan fingerprint density at radius 2 is 2.06 bits per heavy atom. The average Bonchev–Trinajstić information content (AvgIpc) is 2.14.